The van der Waals surface area contributed by atoms with Crippen molar-refractivity contribution >= 4 is 5.69 Å². The van der Waals surface area contributed by atoms with E-state index in [2.05, 4.69) is 17.0 Å². The molecule has 0 radical (unpaired) electrons. The van der Waals surface area contributed by atoms with Crippen LogP contribution in [0, 0.1) is 11.8 Å². The highest BCUT2D eigenvalue weighted by Gasteiger charge is 2.29. The van der Waals surface area contributed by atoms with Gasteiger partial charge in [-0.3, -0.25) is 4.90 Å². The second kappa shape index (κ2) is 5.41. The third-order valence-electron chi connectivity index (χ3n) is 4.13. The number of rotatable bonds is 7. The zero-order valence-corrected chi connectivity index (χ0v) is 11.8. The minimum atomic E-state index is 0.748. The van der Waals surface area contributed by atoms with E-state index in [0.717, 1.165) is 29.8 Å². The molecule has 2 fully saturated rings. The van der Waals surface area contributed by atoms with Crippen molar-refractivity contribution in [2.75, 3.05) is 25.9 Å². The predicted octanol–water partition coefficient (Wildman–Crippen LogP) is 2.90. The summed E-state index contributed by atoms with van der Waals surface area (Å²) in [5.41, 5.74) is 8.04. The van der Waals surface area contributed by atoms with Gasteiger partial charge in [0.1, 0.15) is 5.75 Å². The van der Waals surface area contributed by atoms with Crippen LogP contribution in [0.25, 0.3) is 0 Å². The number of anilines is 1. The number of ether oxygens (including phenoxy) is 1. The van der Waals surface area contributed by atoms with E-state index in [1.54, 1.807) is 7.11 Å². The minimum absolute atomic E-state index is 0.748. The summed E-state index contributed by atoms with van der Waals surface area (Å²) in [7, 11) is 1.66. The Morgan fingerprint density at radius 1 is 1.16 bits per heavy atom. The molecule has 104 valence electrons. The average molecular weight is 260 g/mol. The number of hydrogen-bond acceptors (Lipinski definition) is 3. The molecule has 3 heteroatoms. The van der Waals surface area contributed by atoms with Gasteiger partial charge in [-0.15, -0.1) is 0 Å². The van der Waals surface area contributed by atoms with Gasteiger partial charge in [0.15, 0.2) is 0 Å². The van der Waals surface area contributed by atoms with Crippen LogP contribution in [-0.2, 0) is 6.54 Å². The zero-order chi connectivity index (χ0) is 13.2. The number of hydrogen-bond donors (Lipinski definition) is 1. The Labute approximate surface area is 115 Å². The lowest BCUT2D eigenvalue weighted by molar-refractivity contribution is 0.244. The van der Waals surface area contributed by atoms with Crippen molar-refractivity contribution in [3.63, 3.8) is 0 Å². The Bertz CT molecular complexity index is 424. The molecule has 1 aromatic carbocycles. The summed E-state index contributed by atoms with van der Waals surface area (Å²) in [4.78, 5) is 2.62. The first-order valence-corrected chi connectivity index (χ1v) is 7.39. The SMILES string of the molecule is COc1ccc(CN(CC2CC2)CC2CC2)cc1N. The van der Waals surface area contributed by atoms with Crippen LogP contribution in [0.2, 0.25) is 0 Å². The molecule has 0 atom stereocenters. The molecule has 2 aliphatic rings. The van der Waals surface area contributed by atoms with Gasteiger partial charge in [0, 0.05) is 19.6 Å². The van der Waals surface area contributed by atoms with Crippen LogP contribution in [0.15, 0.2) is 18.2 Å². The van der Waals surface area contributed by atoms with E-state index in [-0.39, 0.29) is 0 Å². The lowest BCUT2D eigenvalue weighted by Gasteiger charge is -2.22. The van der Waals surface area contributed by atoms with E-state index >= 15 is 0 Å². The molecule has 3 nitrogen and oxygen atoms in total. The highest BCUT2D eigenvalue weighted by Crippen LogP contribution is 2.34. The summed E-state index contributed by atoms with van der Waals surface area (Å²) < 4.78 is 5.22. The molecular formula is C16H24N2O. The summed E-state index contributed by atoms with van der Waals surface area (Å²) in [6.45, 7) is 3.56. The molecule has 0 aromatic heterocycles. The third kappa shape index (κ3) is 3.63. The van der Waals surface area contributed by atoms with Gasteiger partial charge >= 0.3 is 0 Å². The third-order valence-corrected chi connectivity index (χ3v) is 4.13. The Kier molecular flexibility index (Phi) is 3.65. The van der Waals surface area contributed by atoms with Gasteiger partial charge in [-0.1, -0.05) is 6.07 Å². The van der Waals surface area contributed by atoms with E-state index < -0.39 is 0 Å². The fourth-order valence-corrected chi connectivity index (χ4v) is 2.68. The molecule has 2 N–H and O–H groups in total. The van der Waals surface area contributed by atoms with Crippen molar-refractivity contribution in [2.45, 2.75) is 32.2 Å². The van der Waals surface area contributed by atoms with E-state index in [1.807, 2.05) is 6.07 Å². The van der Waals surface area contributed by atoms with Crippen LogP contribution in [-0.4, -0.2) is 25.1 Å². The Balaban J connectivity index is 1.63. The van der Waals surface area contributed by atoms with Crippen LogP contribution >= 0.6 is 0 Å². The summed E-state index contributed by atoms with van der Waals surface area (Å²) >= 11 is 0. The Hall–Kier alpha value is -1.22. The molecule has 2 aliphatic carbocycles. The highest BCUT2D eigenvalue weighted by atomic mass is 16.5. The van der Waals surface area contributed by atoms with E-state index in [0.29, 0.717) is 0 Å². The summed E-state index contributed by atoms with van der Waals surface area (Å²) in [5, 5.41) is 0. The first-order valence-electron chi connectivity index (χ1n) is 7.39. The maximum absolute atomic E-state index is 5.99. The second-order valence-corrected chi connectivity index (χ2v) is 6.16. The molecule has 2 saturated carbocycles. The monoisotopic (exact) mass is 260 g/mol. The topological polar surface area (TPSA) is 38.5 Å². The van der Waals surface area contributed by atoms with Gasteiger partial charge in [0.25, 0.3) is 0 Å². The Morgan fingerprint density at radius 2 is 1.79 bits per heavy atom. The fourth-order valence-electron chi connectivity index (χ4n) is 2.68. The molecule has 19 heavy (non-hydrogen) atoms. The lowest BCUT2D eigenvalue weighted by Crippen LogP contribution is -2.27. The summed E-state index contributed by atoms with van der Waals surface area (Å²) in [6.07, 6.45) is 5.69. The van der Waals surface area contributed by atoms with Crippen molar-refractivity contribution in [1.29, 1.82) is 0 Å². The minimum Gasteiger partial charge on any atom is -0.495 e. The Morgan fingerprint density at radius 3 is 2.26 bits per heavy atom. The molecule has 0 unspecified atom stereocenters. The normalized spacial score (nSPS) is 18.8. The van der Waals surface area contributed by atoms with Gasteiger partial charge in [-0.2, -0.15) is 0 Å². The molecular weight excluding hydrogens is 236 g/mol. The van der Waals surface area contributed by atoms with E-state index in [4.69, 9.17) is 10.5 Å². The quantitative estimate of drug-likeness (QED) is 0.766. The van der Waals surface area contributed by atoms with Gasteiger partial charge in [0.05, 0.1) is 12.8 Å². The molecule has 0 heterocycles. The molecule has 0 saturated heterocycles. The molecule has 0 amide bonds. The van der Waals surface area contributed by atoms with E-state index in [9.17, 15) is 0 Å². The van der Waals surface area contributed by atoms with E-state index in [1.165, 1.54) is 44.3 Å². The second-order valence-electron chi connectivity index (χ2n) is 6.16. The lowest BCUT2D eigenvalue weighted by atomic mass is 10.1. The largest absolute Gasteiger partial charge is 0.495 e. The zero-order valence-electron chi connectivity index (χ0n) is 11.8. The standard InChI is InChI=1S/C16H24N2O/c1-19-16-7-6-14(8-15(16)17)11-18(9-12-2-3-12)10-13-4-5-13/h6-8,12-13H,2-5,9-11,17H2,1H3. The fraction of sp³-hybridized carbons (Fsp3) is 0.625. The van der Waals surface area contributed by atoms with Gasteiger partial charge in [-0.05, 0) is 55.2 Å². The van der Waals surface area contributed by atoms with Gasteiger partial charge in [-0.25, -0.2) is 0 Å². The van der Waals surface area contributed by atoms with Crippen LogP contribution in [0.1, 0.15) is 31.2 Å². The smallest absolute Gasteiger partial charge is 0.141 e. The summed E-state index contributed by atoms with van der Waals surface area (Å²) in [5.74, 6) is 2.68. The molecule has 3 rings (SSSR count). The van der Waals surface area contributed by atoms with Crippen molar-refractivity contribution in [3.05, 3.63) is 23.8 Å². The maximum Gasteiger partial charge on any atom is 0.141 e. The van der Waals surface area contributed by atoms with Crippen molar-refractivity contribution < 1.29 is 4.74 Å². The predicted molar refractivity (Wildman–Crippen MR) is 78.1 cm³/mol. The van der Waals surface area contributed by atoms with Crippen LogP contribution in [0.5, 0.6) is 5.75 Å². The number of nitrogens with two attached hydrogens (primary N) is 1. The highest BCUT2D eigenvalue weighted by molar-refractivity contribution is 5.54. The van der Waals surface area contributed by atoms with Gasteiger partial charge < -0.3 is 10.5 Å². The average Bonchev–Trinajstić information content (AvgIpc) is 3.25. The molecule has 0 aliphatic heterocycles. The molecule has 1 aromatic rings. The van der Waals surface area contributed by atoms with Crippen molar-refractivity contribution in [1.82, 2.24) is 4.90 Å². The number of nitrogen functional groups attached to an aromatic ring is 1. The van der Waals surface area contributed by atoms with Crippen molar-refractivity contribution in [2.24, 2.45) is 11.8 Å². The first-order chi connectivity index (χ1) is 9.24. The van der Waals surface area contributed by atoms with Gasteiger partial charge in [0.2, 0.25) is 0 Å². The van der Waals surface area contributed by atoms with Crippen LogP contribution in [0.4, 0.5) is 5.69 Å². The summed E-state index contributed by atoms with van der Waals surface area (Å²) in [6, 6.07) is 6.19. The van der Waals surface area contributed by atoms with Crippen LogP contribution < -0.4 is 10.5 Å². The van der Waals surface area contributed by atoms with Crippen molar-refractivity contribution in [3.8, 4) is 5.75 Å². The molecule has 0 spiro atoms. The molecule has 0 bridgehead atoms. The first kappa shape index (κ1) is 12.8. The number of nitrogens with zero attached hydrogens (tertiary/aromatic N) is 1. The number of methoxy groups -OCH3 is 1. The van der Waals surface area contributed by atoms with Crippen LogP contribution in [0.3, 0.4) is 0 Å². The number of benzene rings is 1. The maximum atomic E-state index is 5.99.